The first-order chi connectivity index (χ1) is 18.3. The molecule has 2 amide bonds. The maximum atomic E-state index is 14.6. The van der Waals surface area contributed by atoms with Crippen molar-refractivity contribution in [2.24, 2.45) is 23.1 Å². The summed E-state index contributed by atoms with van der Waals surface area (Å²) in [5.41, 5.74) is 3.89. The lowest BCUT2D eigenvalue weighted by atomic mass is 9.62. The molecule has 0 aliphatic heterocycles. The second kappa shape index (κ2) is 13.6. The zero-order valence-electron chi connectivity index (χ0n) is 21.8. The van der Waals surface area contributed by atoms with E-state index in [0.29, 0.717) is 12.8 Å². The van der Waals surface area contributed by atoms with Gasteiger partial charge < -0.3 is 0 Å². The third kappa shape index (κ3) is 6.70. The van der Waals surface area contributed by atoms with Crippen molar-refractivity contribution in [1.82, 2.24) is 25.9 Å². The molecule has 1 unspecified atom stereocenters. The van der Waals surface area contributed by atoms with Gasteiger partial charge in [-0.15, -0.1) is 5.10 Å². The molecule has 1 heterocycles. The molecule has 0 saturated heterocycles. The predicted octanol–water partition coefficient (Wildman–Crippen LogP) is 2.80. The quantitative estimate of drug-likeness (QED) is 0.0838. The van der Waals surface area contributed by atoms with Crippen molar-refractivity contribution < 1.29 is 19.6 Å². The summed E-state index contributed by atoms with van der Waals surface area (Å²) in [7, 11) is 0. The molecule has 10 nitrogen and oxygen atoms in total. The number of hydrazine groups is 1. The lowest BCUT2D eigenvalue weighted by Gasteiger charge is -2.40. The van der Waals surface area contributed by atoms with Crippen LogP contribution in [0.25, 0.3) is 0 Å². The van der Waals surface area contributed by atoms with E-state index in [4.69, 9.17) is 5.84 Å². The summed E-state index contributed by atoms with van der Waals surface area (Å²) in [6, 6.07) is 18.1. The van der Waals surface area contributed by atoms with Gasteiger partial charge in [0.25, 0.3) is 0 Å². The number of carbonyl (C=O) groups excluding carboxylic acids is 3. The molecule has 0 spiro atoms. The van der Waals surface area contributed by atoms with E-state index in [2.05, 4.69) is 15.7 Å². The molecule has 0 bridgehead atoms. The van der Waals surface area contributed by atoms with Gasteiger partial charge in [0.1, 0.15) is 11.5 Å². The minimum absolute atomic E-state index is 0.0400. The van der Waals surface area contributed by atoms with Crippen LogP contribution in [0.4, 0.5) is 0 Å². The highest BCUT2D eigenvalue weighted by Crippen LogP contribution is 2.43. The standard InChI is InChI=1S/C28H36N6O4/c1-20(2)19-28(27(37)31-29,23(26(36)32-38)15-9-14-21-10-5-3-6-11-21)25(35)24(34-17-16-30-33-34)18-22-12-7-4-8-13-22/h3-8,10-13,16-17,20,23-24,38H,9,14-15,18-19,29H2,1-2H3,(H,31,37)(H,32,36)/t23-,24?,28-/m1/s1. The van der Waals surface area contributed by atoms with Crippen molar-refractivity contribution in [3.8, 4) is 0 Å². The van der Waals surface area contributed by atoms with Crippen LogP contribution < -0.4 is 16.7 Å². The van der Waals surface area contributed by atoms with Gasteiger partial charge in [0.15, 0.2) is 5.78 Å². The Hall–Kier alpha value is -3.89. The maximum Gasteiger partial charge on any atom is 0.248 e. The topological polar surface area (TPSA) is 152 Å². The summed E-state index contributed by atoms with van der Waals surface area (Å²) in [5.74, 6) is 2.21. The van der Waals surface area contributed by atoms with Gasteiger partial charge in [0.05, 0.1) is 12.1 Å². The smallest absolute Gasteiger partial charge is 0.248 e. The lowest BCUT2D eigenvalue weighted by Crippen LogP contribution is -2.59. The SMILES string of the molecule is CC(C)C[C@](C(=O)NN)(C(=O)C(Cc1ccccc1)n1ccnn1)[C@H](CCCc1ccccc1)C(=O)NO. The number of aromatic nitrogens is 3. The third-order valence-electron chi connectivity index (χ3n) is 6.86. The molecular weight excluding hydrogens is 484 g/mol. The maximum absolute atomic E-state index is 14.6. The van der Waals surface area contributed by atoms with Gasteiger partial charge in [-0.25, -0.2) is 16.0 Å². The summed E-state index contributed by atoms with van der Waals surface area (Å²) in [6.45, 7) is 3.73. The van der Waals surface area contributed by atoms with Crippen molar-refractivity contribution >= 4 is 17.6 Å². The van der Waals surface area contributed by atoms with Gasteiger partial charge in [0.2, 0.25) is 11.8 Å². The van der Waals surface area contributed by atoms with E-state index in [9.17, 15) is 19.6 Å². The largest absolute Gasteiger partial charge is 0.296 e. The Morgan fingerprint density at radius 3 is 2.18 bits per heavy atom. The van der Waals surface area contributed by atoms with E-state index in [1.165, 1.54) is 10.9 Å². The number of hydrogen-bond donors (Lipinski definition) is 4. The van der Waals surface area contributed by atoms with Crippen LogP contribution in [0.3, 0.4) is 0 Å². The third-order valence-corrected chi connectivity index (χ3v) is 6.86. The average molecular weight is 521 g/mol. The van der Waals surface area contributed by atoms with Crippen LogP contribution in [0.15, 0.2) is 73.1 Å². The van der Waals surface area contributed by atoms with Crippen LogP contribution in [-0.4, -0.2) is 37.8 Å². The highest BCUT2D eigenvalue weighted by molar-refractivity contribution is 6.10. The Morgan fingerprint density at radius 1 is 1.03 bits per heavy atom. The van der Waals surface area contributed by atoms with E-state index in [0.717, 1.165) is 11.1 Å². The number of carbonyl (C=O) groups is 3. The summed E-state index contributed by atoms with van der Waals surface area (Å²) >= 11 is 0. The monoisotopic (exact) mass is 520 g/mol. The number of benzene rings is 2. The van der Waals surface area contributed by atoms with Gasteiger partial charge in [-0.2, -0.15) is 0 Å². The first-order valence-electron chi connectivity index (χ1n) is 12.8. The van der Waals surface area contributed by atoms with Crippen LogP contribution >= 0.6 is 0 Å². The molecule has 0 fully saturated rings. The second-order valence-electron chi connectivity index (χ2n) is 9.90. The number of nitrogens with two attached hydrogens (primary N) is 1. The molecule has 202 valence electrons. The first kappa shape index (κ1) is 28.7. The summed E-state index contributed by atoms with van der Waals surface area (Å²) < 4.78 is 1.41. The normalized spacial score (nSPS) is 14.3. The van der Waals surface area contributed by atoms with Crippen LogP contribution in [0.2, 0.25) is 0 Å². The molecular formula is C28H36N6O4. The number of hydrogen-bond acceptors (Lipinski definition) is 7. The Balaban J connectivity index is 2.09. The molecule has 10 heteroatoms. The van der Waals surface area contributed by atoms with Gasteiger partial charge in [-0.05, 0) is 42.7 Å². The van der Waals surface area contributed by atoms with Gasteiger partial charge in [-0.1, -0.05) is 79.7 Å². The molecule has 5 N–H and O–H groups in total. The number of aryl methyl sites for hydroxylation is 1. The van der Waals surface area contributed by atoms with Crippen molar-refractivity contribution in [2.75, 3.05) is 0 Å². The van der Waals surface area contributed by atoms with Crippen molar-refractivity contribution in [2.45, 2.75) is 52.0 Å². The molecule has 3 atom stereocenters. The second-order valence-corrected chi connectivity index (χ2v) is 9.90. The fourth-order valence-corrected chi connectivity index (χ4v) is 5.21. The fraction of sp³-hybridized carbons (Fsp3) is 0.393. The van der Waals surface area contributed by atoms with Crippen LogP contribution in [0.1, 0.15) is 50.3 Å². The molecule has 3 rings (SSSR count). The number of rotatable bonds is 14. The molecule has 2 aromatic carbocycles. The van der Waals surface area contributed by atoms with E-state index in [1.807, 2.05) is 74.5 Å². The number of nitrogens with zero attached hydrogens (tertiary/aromatic N) is 3. The highest BCUT2D eigenvalue weighted by atomic mass is 16.5. The van der Waals surface area contributed by atoms with E-state index in [-0.39, 0.29) is 25.2 Å². The van der Waals surface area contributed by atoms with E-state index < -0.39 is 35.0 Å². The van der Waals surface area contributed by atoms with E-state index >= 15 is 0 Å². The average Bonchev–Trinajstić information content (AvgIpc) is 3.47. The number of Topliss-reactive ketones (excluding diaryl/α,β-unsaturated/α-hetero) is 1. The molecule has 0 saturated carbocycles. The number of ketones is 1. The minimum atomic E-state index is -1.88. The van der Waals surface area contributed by atoms with Gasteiger partial charge >= 0.3 is 0 Å². The molecule has 38 heavy (non-hydrogen) atoms. The Labute approximate surface area is 222 Å². The Morgan fingerprint density at radius 2 is 1.66 bits per heavy atom. The molecule has 1 aromatic heterocycles. The van der Waals surface area contributed by atoms with Crippen molar-refractivity contribution in [1.29, 1.82) is 0 Å². The van der Waals surface area contributed by atoms with Gasteiger partial charge in [0, 0.05) is 12.6 Å². The molecule has 3 aromatic rings. The van der Waals surface area contributed by atoms with Crippen molar-refractivity contribution in [3.05, 3.63) is 84.2 Å². The minimum Gasteiger partial charge on any atom is -0.296 e. The van der Waals surface area contributed by atoms with Crippen molar-refractivity contribution in [3.63, 3.8) is 0 Å². The fourth-order valence-electron chi connectivity index (χ4n) is 5.21. The predicted molar refractivity (Wildman–Crippen MR) is 141 cm³/mol. The Kier molecular flexibility index (Phi) is 10.3. The zero-order chi connectivity index (χ0) is 27.5. The summed E-state index contributed by atoms with van der Waals surface area (Å²) in [4.78, 5) is 41.5. The summed E-state index contributed by atoms with van der Waals surface area (Å²) in [6.07, 6.45) is 4.57. The molecule has 0 radical (unpaired) electrons. The lowest BCUT2D eigenvalue weighted by molar-refractivity contribution is -0.158. The van der Waals surface area contributed by atoms with Crippen LogP contribution in [-0.2, 0) is 27.2 Å². The molecule has 0 aliphatic rings. The van der Waals surface area contributed by atoms with Gasteiger partial charge in [-0.3, -0.25) is 25.0 Å². The number of amides is 2. The molecule has 0 aliphatic carbocycles. The highest BCUT2D eigenvalue weighted by Gasteiger charge is 2.56. The number of hydroxylamine groups is 1. The number of nitrogens with one attached hydrogen (secondary N) is 2. The van der Waals surface area contributed by atoms with Crippen LogP contribution in [0.5, 0.6) is 0 Å². The zero-order valence-corrected chi connectivity index (χ0v) is 21.8. The van der Waals surface area contributed by atoms with Crippen LogP contribution in [0, 0.1) is 17.3 Å². The summed E-state index contributed by atoms with van der Waals surface area (Å²) in [5, 5.41) is 17.7. The first-order valence-corrected chi connectivity index (χ1v) is 12.8. The van der Waals surface area contributed by atoms with E-state index in [1.54, 1.807) is 11.7 Å². The Bertz CT molecular complexity index is 1170.